The maximum Gasteiger partial charge on any atom is 0.419 e. The third-order valence-electron chi connectivity index (χ3n) is 4.28. The second kappa shape index (κ2) is 8.71. The fraction of sp³-hybridized carbons (Fsp3) is 0.200. The second-order valence-electron chi connectivity index (χ2n) is 6.66. The van der Waals surface area contributed by atoms with Crippen molar-refractivity contribution in [2.75, 3.05) is 5.32 Å². The third-order valence-corrected chi connectivity index (χ3v) is 4.28. The first-order valence-electron chi connectivity index (χ1n) is 8.95. The van der Waals surface area contributed by atoms with Gasteiger partial charge in [-0.15, -0.1) is 0 Å². The van der Waals surface area contributed by atoms with Crippen LogP contribution in [0.15, 0.2) is 48.7 Å². The van der Waals surface area contributed by atoms with Gasteiger partial charge >= 0.3 is 12.4 Å². The Morgan fingerprint density at radius 3 is 2.27 bits per heavy atom. The zero-order valence-corrected chi connectivity index (χ0v) is 16.4. The van der Waals surface area contributed by atoms with Crippen molar-refractivity contribution in [2.45, 2.75) is 18.8 Å². The van der Waals surface area contributed by atoms with Crippen LogP contribution in [-0.2, 0) is 19.4 Å². The Kier molecular flexibility index (Phi) is 6.34. The van der Waals surface area contributed by atoms with Gasteiger partial charge in [0.15, 0.2) is 5.75 Å². The molecular formula is C20H13F8N3O2. The first kappa shape index (κ1) is 24.0. The number of nitrogens with zero attached hydrogens (tertiary/aromatic N) is 2. The molecule has 0 saturated carbocycles. The van der Waals surface area contributed by atoms with Gasteiger partial charge in [-0.1, -0.05) is 12.1 Å². The van der Waals surface area contributed by atoms with Crippen LogP contribution in [0.5, 0.6) is 11.5 Å². The van der Waals surface area contributed by atoms with Crippen LogP contribution in [0.1, 0.15) is 33.6 Å². The van der Waals surface area contributed by atoms with Crippen molar-refractivity contribution in [1.29, 1.82) is 0 Å². The van der Waals surface area contributed by atoms with E-state index in [-0.39, 0.29) is 23.9 Å². The molecular weight excluding hydrogens is 466 g/mol. The van der Waals surface area contributed by atoms with E-state index in [1.54, 1.807) is 0 Å². The Hall–Kier alpha value is -3.64. The number of ether oxygens (including phenoxy) is 1. The topological polar surface area (TPSA) is 56.2 Å². The molecule has 3 rings (SSSR count). The van der Waals surface area contributed by atoms with Gasteiger partial charge in [0, 0.05) is 13.2 Å². The normalized spacial score (nSPS) is 12.2. The van der Waals surface area contributed by atoms with Crippen molar-refractivity contribution >= 4 is 11.6 Å². The minimum absolute atomic E-state index is 0.178. The van der Waals surface area contributed by atoms with E-state index < -0.39 is 58.6 Å². The number of alkyl halides is 8. The average molecular weight is 479 g/mol. The number of carbonyl (C=O) groups excluding carboxylic acids is 1. The summed E-state index contributed by atoms with van der Waals surface area (Å²) in [6.07, 6.45) is -12.1. The molecule has 176 valence electrons. The number of amides is 1. The predicted molar refractivity (Wildman–Crippen MR) is 99.1 cm³/mol. The lowest BCUT2D eigenvalue weighted by Crippen LogP contribution is -2.14. The fourth-order valence-electron chi connectivity index (χ4n) is 2.83. The zero-order chi connectivity index (χ0) is 24.6. The molecule has 33 heavy (non-hydrogen) atoms. The van der Waals surface area contributed by atoms with Crippen LogP contribution in [0.3, 0.4) is 0 Å². The van der Waals surface area contributed by atoms with Crippen molar-refractivity contribution in [3.63, 3.8) is 0 Å². The third kappa shape index (κ3) is 5.41. The summed E-state index contributed by atoms with van der Waals surface area (Å²) in [5.41, 5.74) is -4.46. The van der Waals surface area contributed by atoms with E-state index in [0.29, 0.717) is 0 Å². The minimum atomic E-state index is -5.04. The van der Waals surface area contributed by atoms with E-state index in [1.807, 2.05) is 0 Å². The number of hydrogen-bond acceptors (Lipinski definition) is 3. The van der Waals surface area contributed by atoms with Crippen molar-refractivity contribution < 1.29 is 44.7 Å². The smallest absolute Gasteiger partial charge is 0.419 e. The molecule has 1 N–H and O–H groups in total. The number of para-hydroxylation sites is 2. The zero-order valence-electron chi connectivity index (χ0n) is 16.4. The molecule has 5 nitrogen and oxygen atoms in total. The highest BCUT2D eigenvalue weighted by Crippen LogP contribution is 2.42. The minimum Gasteiger partial charge on any atom is -0.455 e. The number of nitrogens with one attached hydrogen (secondary N) is 1. The molecule has 0 fully saturated rings. The number of anilines is 1. The number of carbonyl (C=O) groups is 1. The standard InChI is InChI=1S/C20H13F8N3O2/c1-31-9-11(16(30-31)17(21)22)18(32)29-13-4-2-3-5-14(13)33-15-8-10(19(23,24)25)6-7-12(15)20(26,27)28/h2-9,17H,1H3,(H,29,32). The Balaban J connectivity index is 1.99. The van der Waals surface area contributed by atoms with Gasteiger partial charge in [0.1, 0.15) is 11.4 Å². The summed E-state index contributed by atoms with van der Waals surface area (Å²) in [5.74, 6) is -2.68. The number of aromatic nitrogens is 2. The second-order valence-corrected chi connectivity index (χ2v) is 6.66. The molecule has 0 aliphatic heterocycles. The molecule has 0 aliphatic carbocycles. The van der Waals surface area contributed by atoms with Crippen molar-refractivity contribution in [1.82, 2.24) is 9.78 Å². The highest BCUT2D eigenvalue weighted by Gasteiger charge is 2.38. The number of aryl methyl sites for hydroxylation is 1. The number of hydrogen-bond donors (Lipinski definition) is 1. The van der Waals surface area contributed by atoms with Crippen LogP contribution in [0, 0.1) is 0 Å². The SMILES string of the molecule is Cn1cc(C(=O)Nc2ccccc2Oc2cc(C(F)(F)F)ccc2C(F)(F)F)c(C(F)F)n1. The molecule has 3 aromatic rings. The van der Waals surface area contributed by atoms with Gasteiger partial charge in [0.05, 0.1) is 22.4 Å². The summed E-state index contributed by atoms with van der Waals surface area (Å²) in [7, 11) is 1.30. The van der Waals surface area contributed by atoms with Crippen molar-refractivity contribution in [3.8, 4) is 11.5 Å². The van der Waals surface area contributed by atoms with E-state index in [9.17, 15) is 39.9 Å². The average Bonchev–Trinajstić information content (AvgIpc) is 3.10. The highest BCUT2D eigenvalue weighted by atomic mass is 19.4. The van der Waals surface area contributed by atoms with E-state index in [0.717, 1.165) is 16.9 Å². The lowest BCUT2D eigenvalue weighted by molar-refractivity contribution is -0.142. The molecule has 0 atom stereocenters. The Labute approximate surface area is 180 Å². The maximum atomic E-state index is 13.3. The van der Waals surface area contributed by atoms with Gasteiger partial charge in [-0.05, 0) is 30.3 Å². The summed E-state index contributed by atoms with van der Waals surface area (Å²) < 4.78 is 111. The Morgan fingerprint density at radius 2 is 1.67 bits per heavy atom. The van der Waals surface area contributed by atoms with Crippen LogP contribution >= 0.6 is 0 Å². The number of halogens is 8. The maximum absolute atomic E-state index is 13.3. The predicted octanol–water partition coefficient (Wildman–Crippen LogP) is 6.44. The molecule has 0 aliphatic rings. The fourth-order valence-corrected chi connectivity index (χ4v) is 2.83. The number of benzene rings is 2. The highest BCUT2D eigenvalue weighted by molar-refractivity contribution is 6.05. The summed E-state index contributed by atoms with van der Waals surface area (Å²) in [4.78, 5) is 12.5. The number of rotatable bonds is 5. The molecule has 0 unspecified atom stereocenters. The van der Waals surface area contributed by atoms with Crippen LogP contribution < -0.4 is 10.1 Å². The van der Waals surface area contributed by atoms with Crippen LogP contribution in [0.2, 0.25) is 0 Å². The van der Waals surface area contributed by atoms with E-state index in [2.05, 4.69) is 10.4 Å². The summed E-state index contributed by atoms with van der Waals surface area (Å²) in [5, 5.41) is 5.68. The lowest BCUT2D eigenvalue weighted by Gasteiger charge is -2.18. The molecule has 0 radical (unpaired) electrons. The first-order chi connectivity index (χ1) is 15.3. The Morgan fingerprint density at radius 1 is 1.00 bits per heavy atom. The molecule has 1 aromatic heterocycles. The van der Waals surface area contributed by atoms with Gasteiger partial charge < -0.3 is 10.1 Å². The monoisotopic (exact) mass is 479 g/mol. The van der Waals surface area contributed by atoms with E-state index in [4.69, 9.17) is 4.74 Å². The molecule has 0 spiro atoms. The molecule has 13 heteroatoms. The molecule has 1 amide bonds. The quantitative estimate of drug-likeness (QED) is 0.429. The Bertz CT molecular complexity index is 1170. The van der Waals surface area contributed by atoms with Gasteiger partial charge in [-0.25, -0.2) is 8.78 Å². The summed E-state index contributed by atoms with van der Waals surface area (Å²) >= 11 is 0. The van der Waals surface area contributed by atoms with Crippen LogP contribution in [-0.4, -0.2) is 15.7 Å². The summed E-state index contributed by atoms with van der Waals surface area (Å²) in [6.45, 7) is 0. The molecule has 0 saturated heterocycles. The first-order valence-corrected chi connectivity index (χ1v) is 8.95. The van der Waals surface area contributed by atoms with Crippen molar-refractivity contribution in [2.24, 2.45) is 7.05 Å². The van der Waals surface area contributed by atoms with E-state index in [1.165, 1.54) is 25.2 Å². The van der Waals surface area contributed by atoms with Crippen molar-refractivity contribution in [3.05, 3.63) is 71.0 Å². The van der Waals surface area contributed by atoms with Crippen LogP contribution in [0.4, 0.5) is 40.8 Å². The largest absolute Gasteiger partial charge is 0.455 e. The molecule has 0 bridgehead atoms. The van der Waals surface area contributed by atoms with Gasteiger partial charge in [0.2, 0.25) is 0 Å². The molecule has 2 aromatic carbocycles. The van der Waals surface area contributed by atoms with Gasteiger partial charge in [-0.2, -0.15) is 31.4 Å². The molecule has 1 heterocycles. The van der Waals surface area contributed by atoms with E-state index >= 15 is 0 Å². The summed E-state index contributed by atoms with van der Waals surface area (Å²) in [6, 6.07) is 5.57. The van der Waals surface area contributed by atoms with Crippen LogP contribution in [0.25, 0.3) is 0 Å². The lowest BCUT2D eigenvalue weighted by atomic mass is 10.1. The van der Waals surface area contributed by atoms with Gasteiger partial charge in [-0.3, -0.25) is 9.48 Å². The van der Waals surface area contributed by atoms with Gasteiger partial charge in [0.25, 0.3) is 12.3 Å².